The zero-order chi connectivity index (χ0) is 13.4. The summed E-state index contributed by atoms with van der Waals surface area (Å²) in [6.45, 7) is 1.60. The van der Waals surface area contributed by atoms with Gasteiger partial charge >= 0.3 is 0 Å². The van der Waals surface area contributed by atoms with Crippen LogP contribution in [-0.2, 0) is 13.0 Å². The Labute approximate surface area is 120 Å². The lowest BCUT2D eigenvalue weighted by Crippen LogP contribution is -2.20. The predicted octanol–water partition coefficient (Wildman–Crippen LogP) is 3.73. The molecule has 0 fully saturated rings. The third-order valence-electron chi connectivity index (χ3n) is 3.54. The lowest BCUT2D eigenvalue weighted by Gasteiger charge is -2.21. The maximum atomic E-state index is 13.4. The van der Waals surface area contributed by atoms with Crippen LogP contribution in [0.4, 0.5) is 15.8 Å². The van der Waals surface area contributed by atoms with Crippen LogP contribution in [0.2, 0.25) is 0 Å². The van der Waals surface area contributed by atoms with E-state index in [-0.39, 0.29) is 5.82 Å². The topological polar surface area (TPSA) is 29.3 Å². The molecular weight excluding hydrogens is 307 g/mol. The number of nitrogen functional groups attached to an aromatic ring is 1. The Balaban J connectivity index is 1.93. The maximum absolute atomic E-state index is 13.4. The van der Waals surface area contributed by atoms with Crippen LogP contribution in [0.5, 0.6) is 0 Å². The summed E-state index contributed by atoms with van der Waals surface area (Å²) in [5.74, 6) is -0.189. The van der Waals surface area contributed by atoms with E-state index in [2.05, 4.69) is 20.8 Å². The van der Waals surface area contributed by atoms with E-state index in [4.69, 9.17) is 5.73 Å². The number of fused-ring (bicyclic) bond motifs is 1. The van der Waals surface area contributed by atoms with Gasteiger partial charge in [0.1, 0.15) is 5.82 Å². The van der Waals surface area contributed by atoms with Gasteiger partial charge in [-0.15, -0.1) is 0 Å². The lowest BCUT2D eigenvalue weighted by atomic mass is 10.1. The van der Waals surface area contributed by atoms with Crippen LogP contribution in [0, 0.1) is 5.82 Å². The summed E-state index contributed by atoms with van der Waals surface area (Å²) >= 11 is 3.53. The lowest BCUT2D eigenvalue weighted by molar-refractivity contribution is 0.627. The van der Waals surface area contributed by atoms with Crippen LogP contribution in [0.3, 0.4) is 0 Å². The number of benzene rings is 2. The van der Waals surface area contributed by atoms with Gasteiger partial charge in [0.05, 0.1) is 0 Å². The van der Waals surface area contributed by atoms with Gasteiger partial charge in [0.2, 0.25) is 0 Å². The first-order valence-electron chi connectivity index (χ1n) is 6.21. The molecule has 1 aliphatic heterocycles. The first kappa shape index (κ1) is 12.5. The SMILES string of the molecule is Nc1cccc(Br)c1CN1CCc2ccc(F)cc21. The standard InChI is InChI=1S/C15H14BrFN2/c16-13-2-1-3-14(18)12(13)9-19-7-6-10-4-5-11(17)8-15(10)19/h1-5,8H,6-7,9,18H2. The van der Waals surface area contributed by atoms with Crippen molar-refractivity contribution < 1.29 is 4.39 Å². The average molecular weight is 321 g/mol. The molecule has 0 aliphatic carbocycles. The van der Waals surface area contributed by atoms with Crippen molar-refractivity contribution in [3.05, 3.63) is 57.8 Å². The smallest absolute Gasteiger partial charge is 0.125 e. The molecular formula is C15H14BrFN2. The first-order chi connectivity index (χ1) is 9.15. The van der Waals surface area contributed by atoms with Crippen molar-refractivity contribution in [2.75, 3.05) is 17.2 Å². The summed E-state index contributed by atoms with van der Waals surface area (Å²) in [4.78, 5) is 2.18. The van der Waals surface area contributed by atoms with E-state index in [1.54, 1.807) is 6.07 Å². The predicted molar refractivity (Wildman–Crippen MR) is 79.7 cm³/mol. The summed E-state index contributed by atoms with van der Waals surface area (Å²) < 4.78 is 14.4. The van der Waals surface area contributed by atoms with E-state index in [1.165, 1.54) is 11.6 Å². The Kier molecular flexibility index (Phi) is 3.19. The van der Waals surface area contributed by atoms with E-state index in [0.29, 0.717) is 6.54 Å². The molecule has 2 aromatic rings. The summed E-state index contributed by atoms with van der Waals surface area (Å²) in [6.07, 6.45) is 0.958. The van der Waals surface area contributed by atoms with Gasteiger partial charge < -0.3 is 10.6 Å². The monoisotopic (exact) mass is 320 g/mol. The molecule has 0 spiro atoms. The van der Waals surface area contributed by atoms with Gasteiger partial charge in [0.15, 0.2) is 0 Å². The van der Waals surface area contributed by atoms with Gasteiger partial charge in [-0.1, -0.05) is 28.1 Å². The molecule has 98 valence electrons. The fourth-order valence-electron chi connectivity index (χ4n) is 2.52. The Hall–Kier alpha value is -1.55. The molecule has 2 N–H and O–H groups in total. The number of halogens is 2. The molecule has 0 radical (unpaired) electrons. The molecule has 3 rings (SSSR count). The number of anilines is 2. The van der Waals surface area contributed by atoms with Crippen LogP contribution in [0.1, 0.15) is 11.1 Å². The van der Waals surface area contributed by atoms with Gasteiger partial charge in [0.25, 0.3) is 0 Å². The number of rotatable bonds is 2. The van der Waals surface area contributed by atoms with Crippen molar-refractivity contribution in [3.8, 4) is 0 Å². The van der Waals surface area contributed by atoms with Gasteiger partial charge in [-0.25, -0.2) is 4.39 Å². The zero-order valence-corrected chi connectivity index (χ0v) is 12.0. The normalized spacial score (nSPS) is 13.7. The number of nitrogens with zero attached hydrogens (tertiary/aromatic N) is 1. The Morgan fingerprint density at radius 3 is 2.89 bits per heavy atom. The van der Waals surface area contributed by atoms with E-state index in [0.717, 1.165) is 34.4 Å². The quantitative estimate of drug-likeness (QED) is 0.854. The number of nitrogens with two attached hydrogens (primary N) is 1. The average Bonchev–Trinajstić information content (AvgIpc) is 2.76. The number of hydrogen-bond acceptors (Lipinski definition) is 2. The summed E-state index contributed by atoms with van der Waals surface area (Å²) in [5.41, 5.74) is 10.0. The fraction of sp³-hybridized carbons (Fsp3) is 0.200. The molecule has 2 aromatic carbocycles. The molecule has 0 aromatic heterocycles. The van der Waals surface area contributed by atoms with E-state index in [1.807, 2.05) is 24.3 Å². The minimum absolute atomic E-state index is 0.189. The molecule has 0 atom stereocenters. The highest BCUT2D eigenvalue weighted by Gasteiger charge is 2.21. The second-order valence-corrected chi connectivity index (χ2v) is 5.61. The highest BCUT2D eigenvalue weighted by molar-refractivity contribution is 9.10. The molecule has 0 amide bonds. The molecule has 2 nitrogen and oxygen atoms in total. The first-order valence-corrected chi connectivity index (χ1v) is 7.00. The van der Waals surface area contributed by atoms with Crippen molar-refractivity contribution in [1.29, 1.82) is 0 Å². The van der Waals surface area contributed by atoms with E-state index in [9.17, 15) is 4.39 Å². The minimum Gasteiger partial charge on any atom is -0.398 e. The second-order valence-electron chi connectivity index (χ2n) is 4.75. The third-order valence-corrected chi connectivity index (χ3v) is 4.29. The summed E-state index contributed by atoms with van der Waals surface area (Å²) in [7, 11) is 0. The van der Waals surface area contributed by atoms with Gasteiger partial charge in [0, 0.05) is 34.5 Å². The van der Waals surface area contributed by atoms with Crippen molar-refractivity contribution in [2.45, 2.75) is 13.0 Å². The maximum Gasteiger partial charge on any atom is 0.125 e. The van der Waals surface area contributed by atoms with Gasteiger partial charge in [-0.2, -0.15) is 0 Å². The van der Waals surface area contributed by atoms with Crippen molar-refractivity contribution >= 4 is 27.3 Å². The largest absolute Gasteiger partial charge is 0.398 e. The summed E-state index contributed by atoms with van der Waals surface area (Å²) in [5, 5.41) is 0. The third kappa shape index (κ3) is 2.32. The molecule has 0 unspecified atom stereocenters. The molecule has 0 saturated carbocycles. The second kappa shape index (κ2) is 4.85. The van der Waals surface area contributed by atoms with Crippen LogP contribution >= 0.6 is 15.9 Å². The van der Waals surface area contributed by atoms with E-state index >= 15 is 0 Å². The van der Waals surface area contributed by atoms with Crippen LogP contribution in [0.15, 0.2) is 40.9 Å². The molecule has 19 heavy (non-hydrogen) atoms. The Bertz CT molecular complexity index is 607. The fourth-order valence-corrected chi connectivity index (χ4v) is 3.02. The Morgan fingerprint density at radius 1 is 1.26 bits per heavy atom. The highest BCUT2D eigenvalue weighted by Crippen LogP contribution is 2.32. The van der Waals surface area contributed by atoms with Crippen LogP contribution in [-0.4, -0.2) is 6.54 Å². The molecule has 4 heteroatoms. The van der Waals surface area contributed by atoms with Crippen molar-refractivity contribution in [1.82, 2.24) is 0 Å². The van der Waals surface area contributed by atoms with Gasteiger partial charge in [-0.05, 0) is 36.2 Å². The van der Waals surface area contributed by atoms with Gasteiger partial charge in [-0.3, -0.25) is 0 Å². The zero-order valence-electron chi connectivity index (χ0n) is 10.4. The van der Waals surface area contributed by atoms with Crippen molar-refractivity contribution in [2.24, 2.45) is 0 Å². The number of hydrogen-bond donors (Lipinski definition) is 1. The molecule has 1 heterocycles. The van der Waals surface area contributed by atoms with Crippen LogP contribution in [0.25, 0.3) is 0 Å². The minimum atomic E-state index is -0.189. The van der Waals surface area contributed by atoms with Crippen molar-refractivity contribution in [3.63, 3.8) is 0 Å². The molecule has 0 bridgehead atoms. The summed E-state index contributed by atoms with van der Waals surface area (Å²) in [6, 6.07) is 10.8. The van der Waals surface area contributed by atoms with Crippen LogP contribution < -0.4 is 10.6 Å². The molecule has 1 aliphatic rings. The highest BCUT2D eigenvalue weighted by atomic mass is 79.9. The molecule has 0 saturated heterocycles. The van der Waals surface area contributed by atoms with E-state index < -0.39 is 0 Å². The Morgan fingerprint density at radius 2 is 2.11 bits per heavy atom.